The molecule has 0 N–H and O–H groups in total. The predicted molar refractivity (Wildman–Crippen MR) is 76.4 cm³/mol. The number of esters is 1. The van der Waals surface area contributed by atoms with E-state index in [0.29, 0.717) is 12.3 Å². The van der Waals surface area contributed by atoms with E-state index in [4.69, 9.17) is 21.1 Å². The summed E-state index contributed by atoms with van der Waals surface area (Å²) in [5.74, 6) is -0.0367. The van der Waals surface area contributed by atoms with Crippen molar-refractivity contribution >= 4 is 17.6 Å². The lowest BCUT2D eigenvalue weighted by Crippen LogP contribution is -2.27. The van der Waals surface area contributed by atoms with E-state index < -0.39 is 6.10 Å². The number of benzene rings is 1. The monoisotopic (exact) mass is 282 g/mol. The quantitative estimate of drug-likeness (QED) is 0.418. The first-order valence-electron chi connectivity index (χ1n) is 6.13. The van der Waals surface area contributed by atoms with Crippen molar-refractivity contribution in [1.82, 2.24) is 0 Å². The Morgan fingerprint density at radius 2 is 2.05 bits per heavy atom. The lowest BCUT2D eigenvalue weighted by molar-refractivity contribution is -0.153. The van der Waals surface area contributed by atoms with E-state index in [-0.39, 0.29) is 12.6 Å². The van der Waals surface area contributed by atoms with Crippen molar-refractivity contribution in [2.24, 2.45) is 0 Å². The summed E-state index contributed by atoms with van der Waals surface area (Å²) in [6.45, 7) is 4.02. The molecule has 19 heavy (non-hydrogen) atoms. The average molecular weight is 283 g/mol. The topological polar surface area (TPSA) is 35.5 Å². The van der Waals surface area contributed by atoms with Gasteiger partial charge in [-0.3, -0.25) is 0 Å². The molecule has 0 unspecified atom stereocenters. The lowest BCUT2D eigenvalue weighted by Gasteiger charge is -2.16. The number of halogens is 1. The first-order chi connectivity index (χ1) is 9.17. The molecule has 1 atom stereocenters. The number of hydrogen-bond acceptors (Lipinski definition) is 3. The van der Waals surface area contributed by atoms with Crippen molar-refractivity contribution in [3.8, 4) is 0 Å². The van der Waals surface area contributed by atoms with E-state index in [9.17, 15) is 4.79 Å². The van der Waals surface area contributed by atoms with Gasteiger partial charge in [-0.05, 0) is 24.0 Å². The summed E-state index contributed by atoms with van der Waals surface area (Å²) in [5, 5.41) is 0. The fraction of sp³-hybridized carbons (Fsp3) is 0.400. The van der Waals surface area contributed by atoms with Gasteiger partial charge in [-0.15, -0.1) is 11.6 Å². The van der Waals surface area contributed by atoms with Gasteiger partial charge in [-0.2, -0.15) is 0 Å². The summed E-state index contributed by atoms with van der Waals surface area (Å²) in [6.07, 6.45) is 0.755. The number of ether oxygens (including phenoxy) is 2. The highest BCUT2D eigenvalue weighted by Gasteiger charge is 2.19. The lowest BCUT2D eigenvalue weighted by atomic mass is 10.1. The van der Waals surface area contributed by atoms with Crippen LogP contribution in [0, 0.1) is 0 Å². The van der Waals surface area contributed by atoms with Crippen LogP contribution in [0.2, 0.25) is 0 Å². The van der Waals surface area contributed by atoms with Gasteiger partial charge in [0.25, 0.3) is 0 Å². The molecule has 0 spiro atoms. The Morgan fingerprint density at radius 1 is 1.37 bits per heavy atom. The van der Waals surface area contributed by atoms with E-state index >= 15 is 0 Å². The molecule has 0 saturated heterocycles. The van der Waals surface area contributed by atoms with Gasteiger partial charge in [0, 0.05) is 5.88 Å². The van der Waals surface area contributed by atoms with Crippen molar-refractivity contribution in [2.45, 2.75) is 18.9 Å². The van der Waals surface area contributed by atoms with Crippen molar-refractivity contribution < 1.29 is 14.3 Å². The van der Waals surface area contributed by atoms with Gasteiger partial charge in [0.05, 0.1) is 13.7 Å². The molecule has 1 aromatic carbocycles. The van der Waals surface area contributed by atoms with E-state index in [1.165, 1.54) is 7.11 Å². The second kappa shape index (κ2) is 8.73. The van der Waals surface area contributed by atoms with Crippen molar-refractivity contribution in [3.05, 3.63) is 48.0 Å². The minimum atomic E-state index is -0.579. The molecule has 0 radical (unpaired) electrons. The van der Waals surface area contributed by atoms with Crippen LogP contribution in [0.5, 0.6) is 0 Å². The van der Waals surface area contributed by atoms with Crippen LogP contribution in [0.1, 0.15) is 12.0 Å². The minimum Gasteiger partial charge on any atom is -0.467 e. The highest BCUT2D eigenvalue weighted by atomic mass is 35.5. The number of carbonyl (C=O) groups is 1. The maximum Gasteiger partial charge on any atom is 0.334 e. The van der Waals surface area contributed by atoms with Crippen LogP contribution in [0.15, 0.2) is 42.5 Å². The van der Waals surface area contributed by atoms with Gasteiger partial charge in [0.1, 0.15) is 0 Å². The van der Waals surface area contributed by atoms with Gasteiger partial charge in [0.2, 0.25) is 0 Å². The third-order valence-corrected chi connectivity index (χ3v) is 3.06. The normalized spacial score (nSPS) is 11.9. The summed E-state index contributed by atoms with van der Waals surface area (Å²) in [7, 11) is 1.36. The molecule has 0 bridgehead atoms. The summed E-state index contributed by atoms with van der Waals surface area (Å²) in [6, 6.07) is 9.94. The molecule has 0 fully saturated rings. The second-order valence-corrected chi connectivity index (χ2v) is 4.50. The Kier molecular flexibility index (Phi) is 7.23. The molecule has 0 saturated carbocycles. The summed E-state index contributed by atoms with van der Waals surface area (Å²) in [4.78, 5) is 11.6. The maximum atomic E-state index is 11.6. The number of methoxy groups -OCH3 is 1. The van der Waals surface area contributed by atoms with E-state index in [2.05, 4.69) is 6.58 Å². The molecule has 3 nitrogen and oxygen atoms in total. The van der Waals surface area contributed by atoms with Crippen molar-refractivity contribution in [1.29, 1.82) is 0 Å². The van der Waals surface area contributed by atoms with Crippen LogP contribution in [0.25, 0.3) is 0 Å². The highest BCUT2D eigenvalue weighted by Crippen LogP contribution is 2.10. The zero-order valence-corrected chi connectivity index (χ0v) is 11.9. The first kappa shape index (κ1) is 15.7. The Balaban J connectivity index is 2.50. The van der Waals surface area contributed by atoms with Crippen LogP contribution >= 0.6 is 11.6 Å². The Labute approximate surface area is 119 Å². The fourth-order valence-corrected chi connectivity index (χ4v) is 1.68. The fourth-order valence-electron chi connectivity index (χ4n) is 1.60. The molecule has 0 aliphatic heterocycles. The average Bonchev–Trinajstić information content (AvgIpc) is 2.47. The van der Waals surface area contributed by atoms with Gasteiger partial charge in [0.15, 0.2) is 6.10 Å². The minimum absolute atomic E-state index is 0.276. The largest absolute Gasteiger partial charge is 0.467 e. The standard InChI is InChI=1S/C15H19ClO3/c1-12(10-16)11-19-14(15(17)18-2)9-8-13-6-4-3-5-7-13/h3-7,14H,1,8-11H2,2H3/t14-/m0/s1. The summed E-state index contributed by atoms with van der Waals surface area (Å²) < 4.78 is 10.3. The maximum absolute atomic E-state index is 11.6. The number of hydrogen-bond donors (Lipinski definition) is 0. The molecule has 1 aromatic rings. The third-order valence-electron chi connectivity index (χ3n) is 2.68. The molecule has 0 aromatic heterocycles. The molecule has 0 aliphatic carbocycles. The molecular formula is C15H19ClO3. The zero-order chi connectivity index (χ0) is 14.1. The molecule has 0 heterocycles. The van der Waals surface area contributed by atoms with E-state index in [1.807, 2.05) is 30.3 Å². The SMILES string of the molecule is C=C(CCl)CO[C@@H](CCc1ccccc1)C(=O)OC. The van der Waals surface area contributed by atoms with Crippen LogP contribution in [-0.2, 0) is 20.7 Å². The number of carbonyl (C=O) groups excluding carboxylic acids is 1. The van der Waals surface area contributed by atoms with Gasteiger partial charge >= 0.3 is 5.97 Å². The van der Waals surface area contributed by atoms with E-state index in [1.54, 1.807) is 0 Å². The Bertz CT molecular complexity index is 403. The zero-order valence-electron chi connectivity index (χ0n) is 11.1. The number of alkyl halides is 1. The van der Waals surface area contributed by atoms with Gasteiger partial charge in [-0.25, -0.2) is 4.79 Å². The molecule has 104 valence electrons. The first-order valence-corrected chi connectivity index (χ1v) is 6.66. The van der Waals surface area contributed by atoms with Crippen molar-refractivity contribution in [2.75, 3.05) is 19.6 Å². The highest BCUT2D eigenvalue weighted by molar-refractivity contribution is 6.19. The molecule has 0 aliphatic rings. The van der Waals surface area contributed by atoms with Gasteiger partial charge in [-0.1, -0.05) is 36.9 Å². The van der Waals surface area contributed by atoms with Crippen LogP contribution in [-0.4, -0.2) is 31.7 Å². The predicted octanol–water partition coefficient (Wildman–Crippen LogP) is 2.97. The summed E-state index contributed by atoms with van der Waals surface area (Å²) in [5.41, 5.74) is 1.91. The number of rotatable bonds is 8. The molecule has 1 rings (SSSR count). The Morgan fingerprint density at radius 3 is 2.63 bits per heavy atom. The van der Waals surface area contributed by atoms with Crippen LogP contribution < -0.4 is 0 Å². The second-order valence-electron chi connectivity index (χ2n) is 4.23. The number of aryl methyl sites for hydroxylation is 1. The summed E-state index contributed by atoms with van der Waals surface area (Å²) >= 11 is 5.63. The third kappa shape index (κ3) is 5.90. The Hall–Kier alpha value is -1.32. The van der Waals surface area contributed by atoms with Gasteiger partial charge < -0.3 is 9.47 Å². The van der Waals surface area contributed by atoms with Crippen LogP contribution in [0.3, 0.4) is 0 Å². The molecule has 0 amide bonds. The van der Waals surface area contributed by atoms with E-state index in [0.717, 1.165) is 17.6 Å². The molecule has 4 heteroatoms. The smallest absolute Gasteiger partial charge is 0.334 e. The van der Waals surface area contributed by atoms with Crippen molar-refractivity contribution in [3.63, 3.8) is 0 Å². The van der Waals surface area contributed by atoms with Crippen LogP contribution in [0.4, 0.5) is 0 Å². The molecular weight excluding hydrogens is 264 g/mol.